The van der Waals surface area contributed by atoms with Crippen molar-refractivity contribution in [1.82, 2.24) is 14.9 Å². The van der Waals surface area contributed by atoms with Gasteiger partial charge in [-0.15, -0.1) is 10.2 Å². The third-order valence-electron chi connectivity index (χ3n) is 2.03. The highest BCUT2D eigenvalue weighted by molar-refractivity contribution is 5.93. The monoisotopic (exact) mass is 235 g/mol. The van der Waals surface area contributed by atoms with E-state index in [1.165, 1.54) is 0 Å². The molecule has 0 saturated heterocycles. The molecule has 0 amide bonds. The highest BCUT2D eigenvalue weighted by Gasteiger charge is 2.07. The minimum Gasteiger partial charge on any atom is -0.388 e. The van der Waals surface area contributed by atoms with E-state index < -0.39 is 0 Å². The molecule has 0 bridgehead atoms. The Kier molecular flexibility index (Phi) is 4.53. The van der Waals surface area contributed by atoms with Crippen LogP contribution in [0.5, 0.6) is 0 Å². The third kappa shape index (κ3) is 3.80. The highest BCUT2D eigenvalue weighted by atomic mass is 15.2. The summed E-state index contributed by atoms with van der Waals surface area (Å²) in [4.78, 5) is 10.5. The molecule has 0 unspecified atom stereocenters. The molecule has 0 aromatic carbocycles. The van der Waals surface area contributed by atoms with Gasteiger partial charge in [0.05, 0.1) is 0 Å². The van der Waals surface area contributed by atoms with Gasteiger partial charge in [-0.25, -0.2) is 9.97 Å². The standard InChI is InChI=1S/C10H17N7/c1-7-8(5-17(2)3)4-13-10(15-7)9(12)16-14-6-11/h4,6H,5H2,1-3H3,(H2,11,14)(H2,12,16). The van der Waals surface area contributed by atoms with Gasteiger partial charge in [0.15, 0.2) is 11.7 Å². The topological polar surface area (TPSA) is 106 Å². The lowest BCUT2D eigenvalue weighted by Gasteiger charge is -2.11. The predicted molar refractivity (Wildman–Crippen MR) is 67.6 cm³/mol. The van der Waals surface area contributed by atoms with Crippen LogP contribution in [0.1, 0.15) is 17.1 Å². The van der Waals surface area contributed by atoms with Crippen LogP contribution in [0.25, 0.3) is 0 Å². The molecule has 0 fully saturated rings. The molecule has 4 N–H and O–H groups in total. The van der Waals surface area contributed by atoms with E-state index in [2.05, 4.69) is 20.2 Å². The quantitative estimate of drug-likeness (QED) is 0.414. The van der Waals surface area contributed by atoms with E-state index in [0.29, 0.717) is 5.82 Å². The lowest BCUT2D eigenvalue weighted by Crippen LogP contribution is -2.19. The molecular formula is C10H17N7. The van der Waals surface area contributed by atoms with Crippen molar-refractivity contribution in [3.05, 3.63) is 23.3 Å². The Bertz CT molecular complexity index is 436. The molecule has 17 heavy (non-hydrogen) atoms. The molecule has 0 aliphatic rings. The fourth-order valence-electron chi connectivity index (χ4n) is 1.25. The first-order chi connectivity index (χ1) is 8.04. The minimum atomic E-state index is 0.145. The van der Waals surface area contributed by atoms with Crippen molar-refractivity contribution in [3.63, 3.8) is 0 Å². The molecule has 0 aliphatic heterocycles. The van der Waals surface area contributed by atoms with Crippen molar-refractivity contribution >= 4 is 12.2 Å². The molecular weight excluding hydrogens is 218 g/mol. The average Bonchev–Trinajstić information content (AvgIpc) is 2.28. The summed E-state index contributed by atoms with van der Waals surface area (Å²) in [6.45, 7) is 2.69. The van der Waals surface area contributed by atoms with Gasteiger partial charge in [0, 0.05) is 24.0 Å². The molecule has 0 radical (unpaired) electrons. The summed E-state index contributed by atoms with van der Waals surface area (Å²) in [5.74, 6) is 0.502. The Morgan fingerprint density at radius 1 is 1.53 bits per heavy atom. The number of hydrogen-bond donors (Lipinski definition) is 2. The largest absolute Gasteiger partial charge is 0.388 e. The summed E-state index contributed by atoms with van der Waals surface area (Å²) < 4.78 is 0. The van der Waals surface area contributed by atoms with Crippen LogP contribution in [0.4, 0.5) is 0 Å². The second-order valence-electron chi connectivity index (χ2n) is 3.79. The van der Waals surface area contributed by atoms with Crippen molar-refractivity contribution in [1.29, 1.82) is 0 Å². The lowest BCUT2D eigenvalue weighted by atomic mass is 10.2. The molecule has 0 saturated carbocycles. The van der Waals surface area contributed by atoms with Gasteiger partial charge in [-0.1, -0.05) is 0 Å². The smallest absolute Gasteiger partial charge is 0.197 e. The summed E-state index contributed by atoms with van der Waals surface area (Å²) in [5.41, 5.74) is 12.6. The lowest BCUT2D eigenvalue weighted by molar-refractivity contribution is 0.400. The van der Waals surface area contributed by atoms with Crippen LogP contribution in [0, 0.1) is 6.92 Å². The van der Waals surface area contributed by atoms with Crippen LogP contribution in [-0.2, 0) is 6.54 Å². The van der Waals surface area contributed by atoms with E-state index in [0.717, 1.165) is 24.1 Å². The number of nitrogens with two attached hydrogens (primary N) is 2. The highest BCUT2D eigenvalue weighted by Crippen LogP contribution is 2.06. The number of aromatic nitrogens is 2. The van der Waals surface area contributed by atoms with Gasteiger partial charge in [0.25, 0.3) is 0 Å². The van der Waals surface area contributed by atoms with Gasteiger partial charge < -0.3 is 16.4 Å². The van der Waals surface area contributed by atoms with Crippen LogP contribution >= 0.6 is 0 Å². The molecule has 92 valence electrons. The zero-order valence-corrected chi connectivity index (χ0v) is 10.3. The Balaban J connectivity index is 2.96. The Hall–Kier alpha value is -2.02. The number of hydrogen-bond acceptors (Lipinski definition) is 5. The first-order valence-corrected chi connectivity index (χ1v) is 5.09. The summed E-state index contributed by atoms with van der Waals surface area (Å²) in [5, 5.41) is 7.12. The third-order valence-corrected chi connectivity index (χ3v) is 2.03. The number of aryl methyl sites for hydroxylation is 1. The van der Waals surface area contributed by atoms with Crippen molar-refractivity contribution < 1.29 is 0 Å². The normalized spacial score (nSPS) is 12.6. The Morgan fingerprint density at radius 2 is 2.24 bits per heavy atom. The van der Waals surface area contributed by atoms with Crippen molar-refractivity contribution in [2.24, 2.45) is 21.7 Å². The number of nitrogens with zero attached hydrogens (tertiary/aromatic N) is 5. The maximum atomic E-state index is 5.65. The van der Waals surface area contributed by atoms with Crippen LogP contribution in [0.2, 0.25) is 0 Å². The summed E-state index contributed by atoms with van der Waals surface area (Å²) >= 11 is 0. The van der Waals surface area contributed by atoms with Crippen molar-refractivity contribution in [3.8, 4) is 0 Å². The van der Waals surface area contributed by atoms with Gasteiger partial charge in [-0.2, -0.15) is 0 Å². The molecule has 7 nitrogen and oxygen atoms in total. The molecule has 1 aromatic heterocycles. The van der Waals surface area contributed by atoms with Gasteiger partial charge >= 0.3 is 0 Å². The number of amidine groups is 1. The zero-order chi connectivity index (χ0) is 12.8. The SMILES string of the molecule is Cc1nc(/C(N)=N/N=C\N)ncc1CN(C)C. The summed E-state index contributed by atoms with van der Waals surface area (Å²) in [6, 6.07) is 0. The van der Waals surface area contributed by atoms with Gasteiger partial charge in [-0.3, -0.25) is 0 Å². The Labute approximate surface area is 100 Å². The molecule has 0 aliphatic carbocycles. The Morgan fingerprint density at radius 3 is 2.76 bits per heavy atom. The van der Waals surface area contributed by atoms with E-state index in [-0.39, 0.29) is 5.84 Å². The average molecular weight is 235 g/mol. The van der Waals surface area contributed by atoms with Crippen LogP contribution in [0.3, 0.4) is 0 Å². The van der Waals surface area contributed by atoms with E-state index in [1.54, 1.807) is 6.20 Å². The number of rotatable bonds is 4. The van der Waals surface area contributed by atoms with Gasteiger partial charge in [0.2, 0.25) is 0 Å². The maximum Gasteiger partial charge on any atom is 0.197 e. The van der Waals surface area contributed by atoms with Crippen molar-refractivity contribution in [2.45, 2.75) is 13.5 Å². The van der Waals surface area contributed by atoms with E-state index in [4.69, 9.17) is 11.5 Å². The molecule has 7 heteroatoms. The summed E-state index contributed by atoms with van der Waals surface area (Å²) in [7, 11) is 3.97. The van der Waals surface area contributed by atoms with E-state index in [9.17, 15) is 0 Å². The second kappa shape index (κ2) is 5.90. The molecule has 1 rings (SSSR count). The second-order valence-corrected chi connectivity index (χ2v) is 3.79. The molecule has 0 spiro atoms. The molecule has 0 atom stereocenters. The van der Waals surface area contributed by atoms with Gasteiger partial charge in [-0.05, 0) is 21.0 Å². The summed E-state index contributed by atoms with van der Waals surface area (Å²) in [6.07, 6.45) is 2.80. The zero-order valence-electron chi connectivity index (χ0n) is 10.3. The minimum absolute atomic E-state index is 0.145. The van der Waals surface area contributed by atoms with Crippen LogP contribution < -0.4 is 11.5 Å². The first kappa shape index (κ1) is 13.0. The first-order valence-electron chi connectivity index (χ1n) is 5.09. The van der Waals surface area contributed by atoms with Crippen molar-refractivity contribution in [2.75, 3.05) is 14.1 Å². The van der Waals surface area contributed by atoms with Crippen LogP contribution in [-0.4, -0.2) is 41.1 Å². The fourth-order valence-corrected chi connectivity index (χ4v) is 1.25. The van der Waals surface area contributed by atoms with E-state index >= 15 is 0 Å². The maximum absolute atomic E-state index is 5.65. The molecule has 1 heterocycles. The molecule has 1 aromatic rings. The van der Waals surface area contributed by atoms with E-state index in [1.807, 2.05) is 25.9 Å². The fraction of sp³-hybridized carbons (Fsp3) is 0.400. The van der Waals surface area contributed by atoms with Gasteiger partial charge in [0.1, 0.15) is 6.34 Å². The predicted octanol–water partition coefficient (Wildman–Crippen LogP) is -0.546. The van der Waals surface area contributed by atoms with Crippen LogP contribution in [0.15, 0.2) is 16.4 Å².